The van der Waals surface area contributed by atoms with Crippen molar-refractivity contribution in [1.82, 2.24) is 0 Å². The summed E-state index contributed by atoms with van der Waals surface area (Å²) in [6.07, 6.45) is 31.6. The molecule has 0 fully saturated rings. The molecule has 2 N–H and O–H groups in total. The minimum absolute atomic E-state index is 0.209. The van der Waals surface area contributed by atoms with Gasteiger partial charge in [-0.2, -0.15) is 0 Å². The van der Waals surface area contributed by atoms with Gasteiger partial charge in [0.15, 0.2) is 12.1 Å². The summed E-state index contributed by atoms with van der Waals surface area (Å²) >= 11 is 0. The van der Waals surface area contributed by atoms with Crippen LogP contribution in [0.25, 0.3) is 0 Å². The first-order valence-electron chi connectivity index (χ1n) is 19.4. The predicted molar refractivity (Wildman–Crippen MR) is 189 cm³/mol. The number of aliphatic carboxylic acids is 3. The van der Waals surface area contributed by atoms with Gasteiger partial charge in [0.2, 0.25) is 0 Å². The standard InChI is InChI=1S/C39H73NO6/c1-5-9-10-11-12-13-14-15-16-17-18-19-20-21-22-23-24-25-26-27-28-29-33-40(34(30-6-2)37(41)42,35(31-7-3)38(43)44)36(32-8-4)39(45)46/h5,9,34-36H,6-8,10-33H2,1-4H3,(H2-,41,42,43,44,45,46)/b9-5+. The third kappa shape index (κ3) is 18.4. The van der Waals surface area contributed by atoms with Gasteiger partial charge in [-0.25, -0.2) is 9.59 Å². The van der Waals surface area contributed by atoms with Crippen LogP contribution >= 0.6 is 0 Å². The van der Waals surface area contributed by atoms with E-state index in [0.29, 0.717) is 25.7 Å². The van der Waals surface area contributed by atoms with E-state index in [0.717, 1.165) is 19.3 Å². The van der Waals surface area contributed by atoms with Crippen molar-refractivity contribution < 1.29 is 34.2 Å². The van der Waals surface area contributed by atoms with Gasteiger partial charge in [0.05, 0.1) is 12.5 Å². The van der Waals surface area contributed by atoms with Gasteiger partial charge in [-0.3, -0.25) is 4.48 Å². The highest BCUT2D eigenvalue weighted by Gasteiger charge is 2.54. The molecule has 3 atom stereocenters. The van der Waals surface area contributed by atoms with E-state index < -0.39 is 40.5 Å². The summed E-state index contributed by atoms with van der Waals surface area (Å²) < 4.78 is -0.431. The summed E-state index contributed by atoms with van der Waals surface area (Å²) in [5.41, 5.74) is 0. The Labute approximate surface area is 283 Å². The number of carbonyl (C=O) groups is 3. The number of hydrogen-bond donors (Lipinski definition) is 2. The van der Waals surface area contributed by atoms with Gasteiger partial charge >= 0.3 is 11.9 Å². The lowest BCUT2D eigenvalue weighted by Gasteiger charge is -2.52. The molecule has 0 amide bonds. The van der Waals surface area contributed by atoms with Crippen LogP contribution in [0.4, 0.5) is 0 Å². The van der Waals surface area contributed by atoms with Gasteiger partial charge in [-0.05, 0) is 45.4 Å². The molecule has 0 saturated carbocycles. The first kappa shape index (κ1) is 44.1. The fourth-order valence-corrected chi connectivity index (χ4v) is 7.45. The van der Waals surface area contributed by atoms with E-state index >= 15 is 0 Å². The molecular weight excluding hydrogens is 578 g/mol. The molecule has 0 aromatic heterocycles. The van der Waals surface area contributed by atoms with Crippen LogP contribution < -0.4 is 5.11 Å². The molecule has 0 radical (unpaired) electrons. The van der Waals surface area contributed by atoms with Crippen molar-refractivity contribution >= 4 is 17.9 Å². The number of nitrogens with zero attached hydrogens (tertiary/aromatic N) is 1. The fraction of sp³-hybridized carbons (Fsp3) is 0.872. The number of hydrogen-bond acceptors (Lipinski definition) is 4. The Morgan fingerprint density at radius 3 is 1.13 bits per heavy atom. The quantitative estimate of drug-likeness (QED) is 0.0407. The molecule has 7 heteroatoms. The van der Waals surface area contributed by atoms with Crippen molar-refractivity contribution in [3.05, 3.63) is 12.2 Å². The van der Waals surface area contributed by atoms with Gasteiger partial charge in [0.25, 0.3) is 0 Å². The lowest BCUT2D eigenvalue weighted by atomic mass is 9.91. The molecule has 0 spiro atoms. The molecule has 3 unspecified atom stereocenters. The zero-order valence-corrected chi connectivity index (χ0v) is 30.5. The number of rotatable bonds is 34. The smallest absolute Gasteiger partial charge is 0.362 e. The molecule has 270 valence electrons. The van der Waals surface area contributed by atoms with Crippen molar-refractivity contribution in [3.63, 3.8) is 0 Å². The van der Waals surface area contributed by atoms with E-state index in [1.807, 2.05) is 20.8 Å². The molecular formula is C39H73NO6. The molecule has 0 aromatic rings. The Morgan fingerprint density at radius 2 is 0.848 bits per heavy atom. The molecule has 0 bridgehead atoms. The molecule has 0 aliphatic carbocycles. The van der Waals surface area contributed by atoms with Gasteiger partial charge in [-0.15, -0.1) is 0 Å². The Balaban J connectivity index is 4.54. The topological polar surface area (TPSA) is 115 Å². The van der Waals surface area contributed by atoms with Crippen LogP contribution in [-0.2, 0) is 14.4 Å². The molecule has 0 aliphatic rings. The maximum atomic E-state index is 12.6. The first-order valence-corrected chi connectivity index (χ1v) is 19.4. The largest absolute Gasteiger partial charge is 0.544 e. The normalized spacial score (nSPS) is 15.0. The van der Waals surface area contributed by atoms with Crippen LogP contribution in [0.15, 0.2) is 12.2 Å². The highest BCUT2D eigenvalue weighted by atomic mass is 16.4. The average molecular weight is 652 g/mol. The molecule has 7 nitrogen and oxygen atoms in total. The van der Waals surface area contributed by atoms with E-state index in [2.05, 4.69) is 19.1 Å². The summed E-state index contributed by atoms with van der Waals surface area (Å²) in [7, 11) is 0. The van der Waals surface area contributed by atoms with Crippen LogP contribution in [0.1, 0.15) is 195 Å². The zero-order chi connectivity index (χ0) is 34.5. The molecule has 0 heterocycles. The fourth-order valence-electron chi connectivity index (χ4n) is 7.45. The van der Waals surface area contributed by atoms with Crippen molar-refractivity contribution in [1.29, 1.82) is 0 Å². The third-order valence-electron chi connectivity index (χ3n) is 9.92. The van der Waals surface area contributed by atoms with Gasteiger partial charge in [0, 0.05) is 19.3 Å². The number of carboxylic acid groups (broad SMARTS) is 3. The maximum absolute atomic E-state index is 12.6. The van der Waals surface area contributed by atoms with Crippen molar-refractivity contribution in [3.8, 4) is 0 Å². The minimum atomic E-state index is -1.33. The summed E-state index contributed by atoms with van der Waals surface area (Å²) in [6, 6.07) is -3.32. The van der Waals surface area contributed by atoms with E-state index in [-0.39, 0.29) is 25.8 Å². The Hall–Kier alpha value is -1.89. The molecule has 46 heavy (non-hydrogen) atoms. The highest BCUT2D eigenvalue weighted by molar-refractivity contribution is 5.77. The number of carbonyl (C=O) groups excluding carboxylic acids is 1. The summed E-state index contributed by atoms with van der Waals surface area (Å²) in [6.45, 7) is 7.92. The van der Waals surface area contributed by atoms with Crippen molar-refractivity contribution in [2.45, 2.75) is 213 Å². The Bertz CT molecular complexity index is 738. The number of allylic oxidation sites excluding steroid dienone is 2. The summed E-state index contributed by atoms with van der Waals surface area (Å²) in [5, 5.41) is 33.1. The second-order valence-electron chi connectivity index (χ2n) is 13.7. The van der Waals surface area contributed by atoms with Crippen LogP contribution in [-0.4, -0.2) is 57.3 Å². The highest BCUT2D eigenvalue weighted by Crippen LogP contribution is 2.34. The Morgan fingerprint density at radius 1 is 0.543 bits per heavy atom. The van der Waals surface area contributed by atoms with E-state index in [1.54, 1.807) is 0 Å². The van der Waals surface area contributed by atoms with Crippen LogP contribution in [0.3, 0.4) is 0 Å². The van der Waals surface area contributed by atoms with Crippen LogP contribution in [0, 0.1) is 0 Å². The number of unbranched alkanes of at least 4 members (excludes halogenated alkanes) is 19. The minimum Gasteiger partial charge on any atom is -0.544 e. The number of carboxylic acids is 3. The van der Waals surface area contributed by atoms with Gasteiger partial charge in [0.1, 0.15) is 6.04 Å². The van der Waals surface area contributed by atoms with Crippen LogP contribution in [0.2, 0.25) is 0 Å². The second kappa shape index (κ2) is 29.3. The molecule has 0 aliphatic heterocycles. The predicted octanol–water partition coefficient (Wildman–Crippen LogP) is 9.61. The molecule has 0 rings (SSSR count). The van der Waals surface area contributed by atoms with E-state index in [9.17, 15) is 29.7 Å². The number of quaternary nitrogens is 1. The van der Waals surface area contributed by atoms with E-state index in [4.69, 9.17) is 0 Å². The van der Waals surface area contributed by atoms with Gasteiger partial charge in [-0.1, -0.05) is 142 Å². The lowest BCUT2D eigenvalue weighted by Crippen LogP contribution is -2.74. The summed E-state index contributed by atoms with van der Waals surface area (Å²) in [4.78, 5) is 37.7. The SMILES string of the molecule is C/C=C/CCCCCCCCCCCCCCCCCCCCC[N+](C(CCC)C(=O)[O-])(C(CCC)C(=O)O)C(CCC)C(=O)O. The van der Waals surface area contributed by atoms with E-state index in [1.165, 1.54) is 103 Å². The molecule has 0 saturated heterocycles. The van der Waals surface area contributed by atoms with Crippen molar-refractivity contribution in [2.24, 2.45) is 0 Å². The maximum Gasteiger partial charge on any atom is 0.362 e. The van der Waals surface area contributed by atoms with Crippen molar-refractivity contribution in [2.75, 3.05) is 6.54 Å². The Kier molecular flexibility index (Phi) is 28.1. The van der Waals surface area contributed by atoms with Gasteiger partial charge < -0.3 is 20.1 Å². The average Bonchev–Trinajstić information content (AvgIpc) is 3.02. The third-order valence-corrected chi connectivity index (χ3v) is 9.92. The second-order valence-corrected chi connectivity index (χ2v) is 13.7. The summed E-state index contributed by atoms with van der Waals surface area (Å²) in [5.74, 6) is -3.55. The van der Waals surface area contributed by atoms with Crippen LogP contribution in [0.5, 0.6) is 0 Å². The first-order chi connectivity index (χ1) is 22.2. The molecule has 0 aromatic carbocycles. The lowest BCUT2D eigenvalue weighted by molar-refractivity contribution is -0.975. The zero-order valence-electron chi connectivity index (χ0n) is 30.5. The monoisotopic (exact) mass is 652 g/mol.